The second-order valence-electron chi connectivity index (χ2n) is 8.78. The monoisotopic (exact) mass is 474 g/mol. The first kappa shape index (κ1) is 22.5. The molecule has 2 fully saturated rings. The molecule has 6 nitrogen and oxygen atoms in total. The topological polar surface area (TPSA) is 58.6 Å². The van der Waals surface area contributed by atoms with Crippen LogP contribution >= 0.6 is 0 Å². The highest BCUT2D eigenvalue weighted by Gasteiger charge is 2.40. The molecule has 178 valence electrons. The molecule has 2 aromatic heterocycles. The summed E-state index contributed by atoms with van der Waals surface area (Å²) in [7, 11) is 0. The zero-order chi connectivity index (χ0) is 24.0. The maximum absolute atomic E-state index is 13.8. The van der Waals surface area contributed by atoms with Gasteiger partial charge >= 0.3 is 6.18 Å². The number of piperazine rings is 1. The van der Waals surface area contributed by atoms with Crippen molar-refractivity contribution in [2.75, 3.05) is 19.6 Å². The molecular formula is C24H22F4N4O2. The van der Waals surface area contributed by atoms with Crippen molar-refractivity contribution in [2.24, 2.45) is 0 Å². The molecule has 1 amide bonds. The number of halogens is 4. The third-order valence-corrected chi connectivity index (χ3v) is 6.34. The molecule has 0 radical (unpaired) electrons. The minimum atomic E-state index is -4.46. The van der Waals surface area contributed by atoms with Gasteiger partial charge in [0.1, 0.15) is 17.6 Å². The number of amides is 1. The lowest BCUT2D eigenvalue weighted by Gasteiger charge is -2.41. The van der Waals surface area contributed by atoms with Crippen LogP contribution in [0.5, 0.6) is 11.6 Å². The van der Waals surface area contributed by atoms with Crippen LogP contribution in [0.3, 0.4) is 0 Å². The van der Waals surface area contributed by atoms with E-state index in [2.05, 4.69) is 14.9 Å². The van der Waals surface area contributed by atoms with Crippen molar-refractivity contribution in [1.29, 1.82) is 0 Å². The molecule has 0 N–H and O–H groups in total. The summed E-state index contributed by atoms with van der Waals surface area (Å²) in [5.41, 5.74) is 0.0307. The molecule has 5 rings (SSSR count). The van der Waals surface area contributed by atoms with Crippen molar-refractivity contribution in [1.82, 2.24) is 19.8 Å². The molecule has 2 aliphatic rings. The molecular weight excluding hydrogens is 452 g/mol. The minimum Gasteiger partial charge on any atom is -0.439 e. The SMILES string of the molecule is C[C@@H]1CN2CC(F)CC2CN1C(=O)c1ccc2cc(Oc3ccc(C(F)(F)F)cn3)ccc2n1. The van der Waals surface area contributed by atoms with Crippen LogP contribution in [0.15, 0.2) is 48.7 Å². The highest BCUT2D eigenvalue weighted by atomic mass is 19.4. The van der Waals surface area contributed by atoms with Gasteiger partial charge in [-0.15, -0.1) is 0 Å². The zero-order valence-corrected chi connectivity index (χ0v) is 18.3. The molecule has 4 heterocycles. The molecule has 2 unspecified atom stereocenters. The summed E-state index contributed by atoms with van der Waals surface area (Å²) in [4.78, 5) is 25.3. The van der Waals surface area contributed by atoms with Crippen molar-refractivity contribution in [3.8, 4) is 11.6 Å². The first-order valence-electron chi connectivity index (χ1n) is 11.0. The molecule has 1 aromatic carbocycles. The largest absolute Gasteiger partial charge is 0.439 e. The van der Waals surface area contributed by atoms with E-state index in [0.29, 0.717) is 48.4 Å². The van der Waals surface area contributed by atoms with Gasteiger partial charge in [0.05, 0.1) is 11.1 Å². The molecule has 3 atom stereocenters. The Morgan fingerprint density at radius 2 is 1.91 bits per heavy atom. The van der Waals surface area contributed by atoms with E-state index in [9.17, 15) is 22.4 Å². The minimum absolute atomic E-state index is 0.0302. The van der Waals surface area contributed by atoms with Gasteiger partial charge in [-0.05, 0) is 43.7 Å². The number of fused-ring (bicyclic) bond motifs is 2. The Labute approximate surface area is 193 Å². The highest BCUT2D eigenvalue weighted by molar-refractivity contribution is 5.95. The number of carbonyl (C=O) groups excluding carboxylic acids is 1. The lowest BCUT2D eigenvalue weighted by Crippen LogP contribution is -2.56. The van der Waals surface area contributed by atoms with Crippen LogP contribution in [0, 0.1) is 0 Å². The maximum atomic E-state index is 13.8. The second-order valence-corrected chi connectivity index (χ2v) is 8.78. The van der Waals surface area contributed by atoms with Crippen LogP contribution in [0.1, 0.15) is 29.4 Å². The van der Waals surface area contributed by atoms with Gasteiger partial charge < -0.3 is 9.64 Å². The Morgan fingerprint density at radius 3 is 2.65 bits per heavy atom. The number of aromatic nitrogens is 2. The first-order valence-corrected chi connectivity index (χ1v) is 11.0. The highest BCUT2D eigenvalue weighted by Crippen LogP contribution is 2.31. The van der Waals surface area contributed by atoms with E-state index < -0.39 is 17.9 Å². The van der Waals surface area contributed by atoms with E-state index in [4.69, 9.17) is 4.74 Å². The number of benzene rings is 1. The van der Waals surface area contributed by atoms with Gasteiger partial charge in [0.25, 0.3) is 5.91 Å². The molecule has 0 saturated carbocycles. The molecule has 3 aromatic rings. The molecule has 0 aliphatic carbocycles. The van der Waals surface area contributed by atoms with E-state index >= 15 is 0 Å². The smallest absolute Gasteiger partial charge is 0.417 e. The normalized spacial score (nSPS) is 23.2. The Balaban J connectivity index is 1.31. The lowest BCUT2D eigenvalue weighted by molar-refractivity contribution is -0.137. The Kier molecular flexibility index (Phi) is 5.63. The second kappa shape index (κ2) is 8.50. The fraction of sp³-hybridized carbons (Fsp3) is 0.375. The van der Waals surface area contributed by atoms with E-state index in [1.807, 2.05) is 6.92 Å². The van der Waals surface area contributed by atoms with Gasteiger partial charge in [0.2, 0.25) is 5.88 Å². The summed E-state index contributed by atoms with van der Waals surface area (Å²) in [6.45, 7) is 3.51. The van der Waals surface area contributed by atoms with Gasteiger partial charge in [-0.3, -0.25) is 9.69 Å². The number of hydrogen-bond acceptors (Lipinski definition) is 5. The summed E-state index contributed by atoms with van der Waals surface area (Å²) in [6, 6.07) is 10.4. The van der Waals surface area contributed by atoms with E-state index in [-0.39, 0.29) is 23.9 Å². The molecule has 34 heavy (non-hydrogen) atoms. The molecule has 2 saturated heterocycles. The van der Waals surface area contributed by atoms with Crippen molar-refractivity contribution >= 4 is 16.8 Å². The molecule has 10 heteroatoms. The number of alkyl halides is 4. The first-order chi connectivity index (χ1) is 16.2. The third-order valence-electron chi connectivity index (χ3n) is 6.34. The van der Waals surface area contributed by atoms with Crippen molar-refractivity contribution < 1.29 is 27.1 Å². The molecule has 0 spiro atoms. The van der Waals surface area contributed by atoms with Crippen molar-refractivity contribution in [2.45, 2.75) is 37.8 Å². The maximum Gasteiger partial charge on any atom is 0.417 e. The van der Waals surface area contributed by atoms with E-state index in [1.54, 1.807) is 35.2 Å². The van der Waals surface area contributed by atoms with Gasteiger partial charge in [-0.2, -0.15) is 13.2 Å². The summed E-state index contributed by atoms with van der Waals surface area (Å²) in [5, 5.41) is 0.704. The summed E-state index contributed by atoms with van der Waals surface area (Å²) < 4.78 is 57.4. The standard InChI is InChI=1S/C24H22F4N4O2/c1-14-11-31-12-17(25)9-18(31)13-32(14)23(33)21-5-2-15-8-19(4-6-20(15)30-21)34-22-7-3-16(10-29-22)24(26,27)28/h2-8,10,14,17-18H,9,11-13H2,1H3/t14-,17?,18?/m1/s1. The molecule has 2 aliphatic heterocycles. The summed E-state index contributed by atoms with van der Waals surface area (Å²) in [6.07, 6.45) is -4.15. The third kappa shape index (κ3) is 4.42. The number of carbonyl (C=O) groups is 1. The average molecular weight is 474 g/mol. The average Bonchev–Trinajstić information content (AvgIpc) is 3.16. The van der Waals surface area contributed by atoms with E-state index in [0.717, 1.165) is 18.3 Å². The Bertz CT molecular complexity index is 1220. The van der Waals surface area contributed by atoms with Crippen LogP contribution in [0.25, 0.3) is 10.9 Å². The predicted molar refractivity (Wildman–Crippen MR) is 116 cm³/mol. The predicted octanol–water partition coefficient (Wildman–Crippen LogP) is 4.70. The Hall–Kier alpha value is -3.27. The number of rotatable bonds is 3. The lowest BCUT2D eigenvalue weighted by atomic mass is 10.1. The van der Waals surface area contributed by atoms with Gasteiger partial charge in [-0.1, -0.05) is 6.07 Å². The summed E-state index contributed by atoms with van der Waals surface area (Å²) in [5.74, 6) is 0.223. The van der Waals surface area contributed by atoms with Gasteiger partial charge in [-0.25, -0.2) is 14.4 Å². The zero-order valence-electron chi connectivity index (χ0n) is 18.3. The van der Waals surface area contributed by atoms with Crippen molar-refractivity contribution in [3.63, 3.8) is 0 Å². The number of nitrogens with zero attached hydrogens (tertiary/aromatic N) is 4. The number of pyridine rings is 2. The fourth-order valence-corrected chi connectivity index (χ4v) is 4.63. The van der Waals surface area contributed by atoms with Crippen LogP contribution in [-0.2, 0) is 6.18 Å². The van der Waals surface area contributed by atoms with Crippen LogP contribution < -0.4 is 4.74 Å². The van der Waals surface area contributed by atoms with Crippen LogP contribution in [0.2, 0.25) is 0 Å². The van der Waals surface area contributed by atoms with E-state index in [1.165, 1.54) is 0 Å². The quantitative estimate of drug-likeness (QED) is 0.516. The van der Waals surface area contributed by atoms with Crippen molar-refractivity contribution in [3.05, 3.63) is 59.9 Å². The van der Waals surface area contributed by atoms with Gasteiger partial charge in [0.15, 0.2) is 0 Å². The number of hydrogen-bond donors (Lipinski definition) is 0. The molecule has 0 bridgehead atoms. The summed E-state index contributed by atoms with van der Waals surface area (Å²) >= 11 is 0. The van der Waals surface area contributed by atoms with Crippen LogP contribution in [0.4, 0.5) is 17.6 Å². The Morgan fingerprint density at radius 1 is 1.09 bits per heavy atom. The fourth-order valence-electron chi connectivity index (χ4n) is 4.63. The van der Waals surface area contributed by atoms with Gasteiger partial charge in [0, 0.05) is 49.4 Å². The number of ether oxygens (including phenoxy) is 1. The van der Waals surface area contributed by atoms with Crippen LogP contribution in [-0.4, -0.2) is 63.6 Å².